The maximum Gasteiger partial charge on any atom is 0.179 e. The van der Waals surface area contributed by atoms with Gasteiger partial charge in [0.1, 0.15) is 5.52 Å². The summed E-state index contributed by atoms with van der Waals surface area (Å²) in [5.41, 5.74) is 3.33. The zero-order valence-corrected chi connectivity index (χ0v) is 12.4. The van der Waals surface area contributed by atoms with Crippen molar-refractivity contribution in [2.75, 3.05) is 11.5 Å². The van der Waals surface area contributed by atoms with Gasteiger partial charge in [0, 0.05) is 12.6 Å². The van der Waals surface area contributed by atoms with Crippen molar-refractivity contribution < 1.29 is 0 Å². The summed E-state index contributed by atoms with van der Waals surface area (Å²) in [7, 11) is 0. The first kappa shape index (κ1) is 12.3. The van der Waals surface area contributed by atoms with Gasteiger partial charge in [-0.15, -0.1) is 0 Å². The van der Waals surface area contributed by atoms with Crippen LogP contribution in [0.15, 0.2) is 0 Å². The van der Waals surface area contributed by atoms with Crippen LogP contribution in [0, 0.1) is 11.7 Å². The third-order valence-electron chi connectivity index (χ3n) is 3.64. The van der Waals surface area contributed by atoms with Crippen LogP contribution in [0.2, 0.25) is 0 Å². The van der Waals surface area contributed by atoms with Gasteiger partial charge in [-0.2, -0.15) is 16.9 Å². The van der Waals surface area contributed by atoms with E-state index in [0.717, 1.165) is 22.5 Å². The number of aryl methyl sites for hydroxylation is 2. The number of aromatic nitrogens is 4. The van der Waals surface area contributed by atoms with Gasteiger partial charge < -0.3 is 4.98 Å². The van der Waals surface area contributed by atoms with Gasteiger partial charge in [0.2, 0.25) is 0 Å². The summed E-state index contributed by atoms with van der Waals surface area (Å²) in [4.78, 5) is 3.33. The Labute approximate surface area is 116 Å². The Morgan fingerprint density at radius 3 is 2.83 bits per heavy atom. The molecule has 1 saturated heterocycles. The minimum Gasteiger partial charge on any atom is -0.328 e. The van der Waals surface area contributed by atoms with Crippen LogP contribution < -0.4 is 0 Å². The summed E-state index contributed by atoms with van der Waals surface area (Å²) in [6.07, 6.45) is 2.42. The first-order valence-corrected chi connectivity index (χ1v) is 8.04. The molecule has 1 N–H and O–H groups in total. The third kappa shape index (κ3) is 1.82. The zero-order chi connectivity index (χ0) is 12.7. The van der Waals surface area contributed by atoms with E-state index in [4.69, 9.17) is 12.2 Å². The maximum absolute atomic E-state index is 5.51. The normalized spacial score (nSPS) is 17.7. The molecule has 2 aromatic heterocycles. The fraction of sp³-hybridized carbons (Fsp3) is 0.667. The highest BCUT2D eigenvalue weighted by Crippen LogP contribution is 2.31. The van der Waals surface area contributed by atoms with E-state index in [1.54, 1.807) is 0 Å². The van der Waals surface area contributed by atoms with E-state index in [1.807, 2.05) is 18.7 Å². The van der Waals surface area contributed by atoms with E-state index >= 15 is 0 Å². The summed E-state index contributed by atoms with van der Waals surface area (Å²) in [6, 6.07) is 0.536. The Morgan fingerprint density at radius 1 is 1.44 bits per heavy atom. The second kappa shape index (κ2) is 4.74. The molecule has 0 unspecified atom stereocenters. The molecule has 0 aliphatic carbocycles. The summed E-state index contributed by atoms with van der Waals surface area (Å²) in [5, 5.41) is 4.58. The molecule has 0 atom stereocenters. The fourth-order valence-corrected chi connectivity index (χ4v) is 4.15. The second-order valence-corrected chi connectivity index (χ2v) is 6.35. The minimum absolute atomic E-state index is 0.536. The lowest BCUT2D eigenvalue weighted by molar-refractivity contribution is 0.464. The molecule has 98 valence electrons. The zero-order valence-electron chi connectivity index (χ0n) is 10.8. The van der Waals surface area contributed by atoms with Crippen molar-refractivity contribution in [3.63, 3.8) is 0 Å². The number of fused-ring (bicyclic) bond motifs is 1. The highest BCUT2D eigenvalue weighted by Gasteiger charge is 2.22. The van der Waals surface area contributed by atoms with Crippen LogP contribution in [-0.2, 0) is 6.54 Å². The van der Waals surface area contributed by atoms with E-state index in [1.165, 1.54) is 30.0 Å². The number of nitrogens with zero attached hydrogens (tertiary/aromatic N) is 3. The molecule has 1 aliphatic rings. The average Bonchev–Trinajstić information content (AvgIpc) is 2.88. The molecule has 0 saturated carbocycles. The Balaban J connectivity index is 2.20. The summed E-state index contributed by atoms with van der Waals surface area (Å²) in [5.74, 6) is 2.47. The average molecular weight is 282 g/mol. The van der Waals surface area contributed by atoms with Gasteiger partial charge in [-0.1, -0.05) is 0 Å². The molecule has 1 fully saturated rings. The SMILES string of the molecule is CCn1nc(C)c2[nH]c(=S)n(C3CCSCC3)c21. The van der Waals surface area contributed by atoms with Crippen LogP contribution in [0.25, 0.3) is 11.2 Å². The Hall–Kier alpha value is -0.750. The first-order valence-electron chi connectivity index (χ1n) is 6.47. The van der Waals surface area contributed by atoms with Gasteiger partial charge in [0.15, 0.2) is 10.4 Å². The predicted molar refractivity (Wildman–Crippen MR) is 78.9 cm³/mol. The number of nitrogens with one attached hydrogen (secondary N) is 1. The molecule has 0 spiro atoms. The van der Waals surface area contributed by atoms with Crippen molar-refractivity contribution >= 4 is 35.1 Å². The highest BCUT2D eigenvalue weighted by atomic mass is 32.2. The van der Waals surface area contributed by atoms with Crippen molar-refractivity contribution in [2.45, 2.75) is 39.3 Å². The van der Waals surface area contributed by atoms with Gasteiger partial charge in [0.05, 0.1) is 5.69 Å². The molecule has 0 bridgehead atoms. The molecule has 18 heavy (non-hydrogen) atoms. The van der Waals surface area contributed by atoms with E-state index < -0.39 is 0 Å². The molecule has 1 aliphatic heterocycles. The maximum atomic E-state index is 5.51. The molecular formula is C12H18N4S2. The van der Waals surface area contributed by atoms with Crippen LogP contribution in [0.5, 0.6) is 0 Å². The molecule has 4 nitrogen and oxygen atoms in total. The van der Waals surface area contributed by atoms with E-state index in [0.29, 0.717) is 6.04 Å². The Kier molecular flexibility index (Phi) is 3.23. The predicted octanol–water partition coefficient (Wildman–Crippen LogP) is 3.29. The molecule has 0 radical (unpaired) electrons. The lowest BCUT2D eigenvalue weighted by Gasteiger charge is -2.23. The fourth-order valence-electron chi connectivity index (χ4n) is 2.73. The molecule has 3 rings (SSSR count). The lowest BCUT2D eigenvalue weighted by atomic mass is 10.1. The monoisotopic (exact) mass is 282 g/mol. The number of hydrogen-bond donors (Lipinski definition) is 1. The van der Waals surface area contributed by atoms with Crippen LogP contribution in [-0.4, -0.2) is 30.8 Å². The smallest absolute Gasteiger partial charge is 0.179 e. The number of rotatable bonds is 2. The largest absolute Gasteiger partial charge is 0.328 e. The number of hydrogen-bond acceptors (Lipinski definition) is 3. The second-order valence-electron chi connectivity index (χ2n) is 4.74. The molecule has 3 heterocycles. The van der Waals surface area contributed by atoms with Gasteiger partial charge in [-0.25, -0.2) is 4.68 Å². The van der Waals surface area contributed by atoms with E-state index in [-0.39, 0.29) is 0 Å². The molecule has 0 aromatic carbocycles. The minimum atomic E-state index is 0.536. The number of aromatic amines is 1. The van der Waals surface area contributed by atoms with Crippen molar-refractivity contribution in [3.05, 3.63) is 10.5 Å². The van der Waals surface area contributed by atoms with Crippen molar-refractivity contribution in [3.8, 4) is 0 Å². The first-order chi connectivity index (χ1) is 8.72. The van der Waals surface area contributed by atoms with Crippen LogP contribution in [0.4, 0.5) is 0 Å². The van der Waals surface area contributed by atoms with Gasteiger partial charge in [-0.05, 0) is 50.4 Å². The van der Waals surface area contributed by atoms with Gasteiger partial charge in [0.25, 0.3) is 0 Å². The Bertz CT molecular complexity index is 616. The summed E-state index contributed by atoms with van der Waals surface area (Å²) in [6.45, 7) is 5.06. The molecule has 0 amide bonds. The van der Waals surface area contributed by atoms with Crippen LogP contribution in [0.1, 0.15) is 31.5 Å². The number of H-pyrrole nitrogens is 1. The lowest BCUT2D eigenvalue weighted by Crippen LogP contribution is -2.17. The van der Waals surface area contributed by atoms with E-state index in [9.17, 15) is 0 Å². The van der Waals surface area contributed by atoms with Crippen LogP contribution in [0.3, 0.4) is 0 Å². The molecule has 6 heteroatoms. The Morgan fingerprint density at radius 2 is 2.17 bits per heavy atom. The highest BCUT2D eigenvalue weighted by molar-refractivity contribution is 7.99. The standard InChI is InChI=1S/C12H18N4S2/c1-3-15-11-10(8(2)14-15)13-12(17)16(11)9-4-6-18-7-5-9/h9H,3-7H2,1-2H3,(H,13,17). The number of thioether (sulfide) groups is 1. The quantitative estimate of drug-likeness (QED) is 0.859. The van der Waals surface area contributed by atoms with Crippen molar-refractivity contribution in [1.82, 2.24) is 19.3 Å². The van der Waals surface area contributed by atoms with Gasteiger partial charge >= 0.3 is 0 Å². The van der Waals surface area contributed by atoms with E-state index in [2.05, 4.69) is 26.3 Å². The molecule has 2 aromatic rings. The van der Waals surface area contributed by atoms with Crippen molar-refractivity contribution in [2.24, 2.45) is 0 Å². The number of imidazole rings is 1. The van der Waals surface area contributed by atoms with Crippen molar-refractivity contribution in [1.29, 1.82) is 0 Å². The summed E-state index contributed by atoms with van der Waals surface area (Å²) < 4.78 is 5.22. The third-order valence-corrected chi connectivity index (χ3v) is 4.98. The molecular weight excluding hydrogens is 264 g/mol. The van der Waals surface area contributed by atoms with Gasteiger partial charge in [-0.3, -0.25) is 4.57 Å². The topological polar surface area (TPSA) is 38.5 Å². The summed E-state index contributed by atoms with van der Waals surface area (Å²) >= 11 is 7.56. The van der Waals surface area contributed by atoms with Crippen LogP contribution >= 0.6 is 24.0 Å².